The molecule has 7 nitrogen and oxygen atoms in total. The van der Waals surface area contributed by atoms with E-state index in [1.165, 1.54) is 26.0 Å². The minimum absolute atomic E-state index is 0.108. The fourth-order valence-electron chi connectivity index (χ4n) is 4.18. The minimum Gasteiger partial charge on any atom is -0.497 e. The van der Waals surface area contributed by atoms with Gasteiger partial charge in [0.25, 0.3) is 0 Å². The topological polar surface area (TPSA) is 60.0 Å². The molecule has 1 aromatic heterocycles. The van der Waals surface area contributed by atoms with Crippen LogP contribution >= 0.6 is 0 Å². The highest BCUT2D eigenvalue weighted by Crippen LogP contribution is 2.39. The first-order chi connectivity index (χ1) is 16.8. The SMILES string of the molecule is COc1ccc(N(C)c2nc(C(F)(F)F)nc3cc(OC)c(OCCCN4CCCC4)cc23)cc1. The zero-order valence-electron chi connectivity index (χ0n) is 20.1. The molecule has 0 atom stereocenters. The maximum Gasteiger partial charge on any atom is 0.451 e. The van der Waals surface area contributed by atoms with E-state index in [2.05, 4.69) is 14.9 Å². The quantitative estimate of drug-likeness (QED) is 0.377. The number of rotatable bonds is 9. The molecule has 0 spiro atoms. The highest BCUT2D eigenvalue weighted by Gasteiger charge is 2.36. The molecule has 2 heterocycles. The lowest BCUT2D eigenvalue weighted by atomic mass is 10.1. The van der Waals surface area contributed by atoms with Crippen molar-refractivity contribution >= 4 is 22.4 Å². The van der Waals surface area contributed by atoms with Crippen LogP contribution in [0.4, 0.5) is 24.7 Å². The zero-order chi connectivity index (χ0) is 25.0. The van der Waals surface area contributed by atoms with E-state index in [1.807, 2.05) is 0 Å². The number of likely N-dealkylation sites (tertiary alicyclic amines) is 1. The Hall–Kier alpha value is -3.27. The van der Waals surface area contributed by atoms with E-state index in [0.29, 0.717) is 34.9 Å². The number of ether oxygens (including phenoxy) is 3. The molecule has 0 amide bonds. The Kier molecular flexibility index (Phi) is 7.49. The van der Waals surface area contributed by atoms with Gasteiger partial charge in [-0.3, -0.25) is 0 Å². The second kappa shape index (κ2) is 10.6. The smallest absolute Gasteiger partial charge is 0.451 e. The Balaban J connectivity index is 1.69. The highest BCUT2D eigenvalue weighted by atomic mass is 19.4. The molecular formula is C25H29F3N4O3. The average Bonchev–Trinajstić information content (AvgIpc) is 3.38. The number of aromatic nitrogens is 2. The molecule has 1 aliphatic heterocycles. The predicted octanol–water partition coefficient (Wildman–Crippen LogP) is 5.30. The van der Waals surface area contributed by atoms with Gasteiger partial charge in [0.05, 0.1) is 26.3 Å². The van der Waals surface area contributed by atoms with Crippen LogP contribution in [0.15, 0.2) is 36.4 Å². The second-order valence-electron chi connectivity index (χ2n) is 8.40. The number of fused-ring (bicyclic) bond motifs is 1. The van der Waals surface area contributed by atoms with Crippen molar-refractivity contribution in [2.75, 3.05) is 52.4 Å². The van der Waals surface area contributed by atoms with Crippen LogP contribution in [0.2, 0.25) is 0 Å². The van der Waals surface area contributed by atoms with Crippen molar-refractivity contribution in [1.82, 2.24) is 14.9 Å². The average molecular weight is 491 g/mol. The summed E-state index contributed by atoms with van der Waals surface area (Å²) in [6.07, 6.45) is -1.42. The van der Waals surface area contributed by atoms with Gasteiger partial charge in [0, 0.05) is 30.7 Å². The van der Waals surface area contributed by atoms with E-state index in [1.54, 1.807) is 49.4 Å². The van der Waals surface area contributed by atoms with Gasteiger partial charge in [-0.25, -0.2) is 9.97 Å². The van der Waals surface area contributed by atoms with Crippen LogP contribution in [-0.2, 0) is 6.18 Å². The first-order valence-electron chi connectivity index (χ1n) is 11.5. The third-order valence-electron chi connectivity index (χ3n) is 6.07. The number of anilines is 2. The standard InChI is InChI=1S/C25H29F3N4O3/c1-31(17-7-9-18(33-2)10-8-17)23-19-15-22(35-14-6-13-32-11-4-5-12-32)21(34-3)16-20(19)29-24(30-23)25(26,27)28/h7-10,15-16H,4-6,11-14H2,1-3H3. The van der Waals surface area contributed by atoms with Crippen molar-refractivity contribution < 1.29 is 27.4 Å². The molecular weight excluding hydrogens is 461 g/mol. The minimum atomic E-state index is -4.71. The Bertz CT molecular complexity index is 1150. The molecule has 3 aromatic rings. The summed E-state index contributed by atoms with van der Waals surface area (Å²) in [5.74, 6) is 0.288. The van der Waals surface area contributed by atoms with Gasteiger partial charge < -0.3 is 24.0 Å². The molecule has 2 aromatic carbocycles. The maximum absolute atomic E-state index is 13.6. The monoisotopic (exact) mass is 490 g/mol. The molecule has 0 saturated carbocycles. The fraction of sp³-hybridized carbons (Fsp3) is 0.440. The summed E-state index contributed by atoms with van der Waals surface area (Å²) in [7, 11) is 4.66. The molecule has 4 rings (SSSR count). The Morgan fingerprint density at radius 2 is 1.69 bits per heavy atom. The molecule has 1 saturated heterocycles. The Morgan fingerprint density at radius 3 is 2.31 bits per heavy atom. The van der Waals surface area contributed by atoms with Gasteiger partial charge in [0.2, 0.25) is 5.82 Å². The van der Waals surface area contributed by atoms with Gasteiger partial charge in [-0.15, -0.1) is 0 Å². The van der Waals surface area contributed by atoms with Crippen molar-refractivity contribution in [2.24, 2.45) is 0 Å². The van der Waals surface area contributed by atoms with Crippen molar-refractivity contribution in [3.63, 3.8) is 0 Å². The van der Waals surface area contributed by atoms with E-state index in [9.17, 15) is 13.2 Å². The van der Waals surface area contributed by atoms with Crippen LogP contribution in [0.5, 0.6) is 17.2 Å². The first kappa shape index (κ1) is 24.8. The lowest BCUT2D eigenvalue weighted by molar-refractivity contribution is -0.144. The first-order valence-corrected chi connectivity index (χ1v) is 11.5. The molecule has 0 radical (unpaired) electrons. The van der Waals surface area contributed by atoms with Gasteiger partial charge >= 0.3 is 6.18 Å². The summed E-state index contributed by atoms with van der Waals surface area (Å²) >= 11 is 0. The number of nitrogens with zero attached hydrogens (tertiary/aromatic N) is 4. The summed E-state index contributed by atoms with van der Waals surface area (Å²) in [5.41, 5.74) is 0.756. The van der Waals surface area contributed by atoms with E-state index in [4.69, 9.17) is 14.2 Å². The lowest BCUT2D eigenvalue weighted by Crippen LogP contribution is -2.22. The van der Waals surface area contributed by atoms with Gasteiger partial charge in [-0.1, -0.05) is 0 Å². The summed E-state index contributed by atoms with van der Waals surface area (Å²) in [5, 5.41) is 0.423. The molecule has 0 unspecified atom stereocenters. The molecule has 0 bridgehead atoms. The van der Waals surface area contributed by atoms with E-state index in [0.717, 1.165) is 26.1 Å². The van der Waals surface area contributed by atoms with E-state index in [-0.39, 0.29) is 11.3 Å². The van der Waals surface area contributed by atoms with Gasteiger partial charge in [-0.05, 0) is 62.7 Å². The van der Waals surface area contributed by atoms with Crippen molar-refractivity contribution in [2.45, 2.75) is 25.4 Å². The van der Waals surface area contributed by atoms with Gasteiger partial charge in [0.1, 0.15) is 11.6 Å². The third-order valence-corrected chi connectivity index (χ3v) is 6.07. The molecule has 1 fully saturated rings. The van der Waals surface area contributed by atoms with Gasteiger partial charge in [-0.2, -0.15) is 13.2 Å². The third kappa shape index (κ3) is 5.70. The maximum atomic E-state index is 13.6. The summed E-state index contributed by atoms with van der Waals surface area (Å²) < 4.78 is 57.5. The van der Waals surface area contributed by atoms with Crippen molar-refractivity contribution in [1.29, 1.82) is 0 Å². The number of alkyl halides is 3. The fourth-order valence-corrected chi connectivity index (χ4v) is 4.18. The molecule has 0 aliphatic carbocycles. The van der Waals surface area contributed by atoms with Crippen LogP contribution in [0.3, 0.4) is 0 Å². The predicted molar refractivity (Wildman–Crippen MR) is 128 cm³/mol. The summed E-state index contributed by atoms with van der Waals surface area (Å²) in [4.78, 5) is 11.7. The summed E-state index contributed by atoms with van der Waals surface area (Å²) in [6, 6.07) is 10.1. The number of halogens is 3. The van der Waals surface area contributed by atoms with Crippen LogP contribution in [0.1, 0.15) is 25.1 Å². The molecule has 1 aliphatic rings. The summed E-state index contributed by atoms with van der Waals surface area (Å²) in [6.45, 7) is 3.63. The van der Waals surface area contributed by atoms with E-state index >= 15 is 0 Å². The second-order valence-corrected chi connectivity index (χ2v) is 8.40. The number of hydrogen-bond donors (Lipinski definition) is 0. The van der Waals surface area contributed by atoms with Crippen LogP contribution in [0, 0.1) is 0 Å². The molecule has 35 heavy (non-hydrogen) atoms. The largest absolute Gasteiger partial charge is 0.497 e. The van der Waals surface area contributed by atoms with Gasteiger partial charge in [0.15, 0.2) is 11.5 Å². The van der Waals surface area contributed by atoms with Crippen LogP contribution in [-0.4, -0.2) is 62.4 Å². The lowest BCUT2D eigenvalue weighted by Gasteiger charge is -2.22. The normalized spacial score (nSPS) is 14.3. The highest BCUT2D eigenvalue weighted by molar-refractivity contribution is 5.94. The van der Waals surface area contributed by atoms with Crippen LogP contribution < -0.4 is 19.1 Å². The number of benzene rings is 2. The number of methoxy groups -OCH3 is 2. The molecule has 10 heteroatoms. The Labute approximate surface area is 202 Å². The zero-order valence-corrected chi connectivity index (χ0v) is 20.1. The number of hydrogen-bond acceptors (Lipinski definition) is 7. The Morgan fingerprint density at radius 1 is 0.971 bits per heavy atom. The van der Waals surface area contributed by atoms with Crippen molar-refractivity contribution in [3.05, 3.63) is 42.2 Å². The molecule has 0 N–H and O–H groups in total. The molecule has 188 valence electrons. The van der Waals surface area contributed by atoms with Crippen molar-refractivity contribution in [3.8, 4) is 17.2 Å². The van der Waals surface area contributed by atoms with E-state index < -0.39 is 12.0 Å². The van der Waals surface area contributed by atoms with Crippen LogP contribution in [0.25, 0.3) is 10.9 Å².